The Kier molecular flexibility index (Phi) is 7.08. The summed E-state index contributed by atoms with van der Waals surface area (Å²) in [5.41, 5.74) is 1.32. The van der Waals surface area contributed by atoms with E-state index in [9.17, 15) is 28.3 Å². The molecule has 38 heavy (non-hydrogen) atoms. The fourth-order valence-corrected chi connectivity index (χ4v) is 4.03. The summed E-state index contributed by atoms with van der Waals surface area (Å²) in [7, 11) is 1.43. The van der Waals surface area contributed by atoms with Crippen molar-refractivity contribution in [3.63, 3.8) is 0 Å². The normalized spacial score (nSPS) is 10.6. The third-order valence-electron chi connectivity index (χ3n) is 5.78. The number of halogens is 2. The van der Waals surface area contributed by atoms with E-state index in [0.29, 0.717) is 27.6 Å². The molecule has 0 atom stereocenters. The lowest BCUT2D eigenvalue weighted by Crippen LogP contribution is -2.22. The Labute approximate surface area is 215 Å². The van der Waals surface area contributed by atoms with Crippen LogP contribution in [-0.2, 0) is 11.2 Å². The number of rotatable bonds is 7. The predicted octanol–water partition coefficient (Wildman–Crippen LogP) is 4.91. The number of hydrogen-bond donors (Lipinski definition) is 3. The molecule has 190 valence electrons. The topological polar surface area (TPSA) is 109 Å². The van der Waals surface area contributed by atoms with Crippen LogP contribution < -0.4 is 10.6 Å². The number of terminal acetylenes is 1. The SMILES string of the molecule is C#CC(=C)NC(=O)c1cc(-c2cc3c(C(=O)NC)c(-c4ccc(F)cc4)oc3cc2CC(=O)O)ccc1F. The third-order valence-corrected chi connectivity index (χ3v) is 5.78. The van der Waals surface area contributed by atoms with Crippen LogP contribution in [-0.4, -0.2) is 29.9 Å². The first-order valence-corrected chi connectivity index (χ1v) is 11.2. The average Bonchev–Trinajstić information content (AvgIpc) is 3.26. The predicted molar refractivity (Wildman–Crippen MR) is 137 cm³/mol. The van der Waals surface area contributed by atoms with Gasteiger partial charge in [0.05, 0.1) is 23.2 Å². The fraction of sp³-hybridized carbons (Fsp3) is 0.0690. The van der Waals surface area contributed by atoms with Gasteiger partial charge < -0.3 is 20.2 Å². The quantitative estimate of drug-likeness (QED) is 0.304. The molecule has 1 heterocycles. The number of amides is 2. The summed E-state index contributed by atoms with van der Waals surface area (Å²) in [4.78, 5) is 37.1. The summed E-state index contributed by atoms with van der Waals surface area (Å²) < 4.78 is 34.0. The zero-order valence-electron chi connectivity index (χ0n) is 20.0. The highest BCUT2D eigenvalue weighted by atomic mass is 19.1. The molecule has 0 fully saturated rings. The van der Waals surface area contributed by atoms with Gasteiger partial charge in [0.25, 0.3) is 11.8 Å². The van der Waals surface area contributed by atoms with Crippen molar-refractivity contribution in [3.8, 4) is 34.8 Å². The molecule has 9 heteroatoms. The van der Waals surface area contributed by atoms with Crippen LogP contribution in [0.5, 0.6) is 0 Å². The van der Waals surface area contributed by atoms with Crippen molar-refractivity contribution in [1.82, 2.24) is 10.6 Å². The van der Waals surface area contributed by atoms with Gasteiger partial charge in [-0.25, -0.2) is 8.78 Å². The van der Waals surface area contributed by atoms with Gasteiger partial charge in [-0.1, -0.05) is 18.6 Å². The minimum Gasteiger partial charge on any atom is -0.481 e. The second-order valence-corrected chi connectivity index (χ2v) is 8.24. The van der Waals surface area contributed by atoms with Gasteiger partial charge >= 0.3 is 5.97 Å². The molecule has 0 aliphatic heterocycles. The highest BCUT2D eigenvalue weighted by Crippen LogP contribution is 2.38. The molecule has 0 aliphatic carbocycles. The number of nitrogens with one attached hydrogen (secondary N) is 2. The monoisotopic (exact) mass is 514 g/mol. The van der Waals surface area contributed by atoms with Gasteiger partial charge in [-0.05, 0) is 65.2 Å². The molecule has 2 amide bonds. The van der Waals surface area contributed by atoms with E-state index in [2.05, 4.69) is 23.1 Å². The van der Waals surface area contributed by atoms with Crippen molar-refractivity contribution >= 4 is 28.8 Å². The van der Waals surface area contributed by atoms with Gasteiger partial charge in [0, 0.05) is 18.0 Å². The number of benzene rings is 3. The number of carbonyl (C=O) groups is 3. The highest BCUT2D eigenvalue weighted by molar-refractivity contribution is 6.12. The number of hydrogen-bond acceptors (Lipinski definition) is 4. The summed E-state index contributed by atoms with van der Waals surface area (Å²) in [6, 6.07) is 12.1. The molecular weight excluding hydrogens is 494 g/mol. The first kappa shape index (κ1) is 25.9. The Morgan fingerprint density at radius 1 is 1.03 bits per heavy atom. The molecule has 0 aliphatic rings. The Morgan fingerprint density at radius 2 is 1.71 bits per heavy atom. The van der Waals surface area contributed by atoms with E-state index < -0.39 is 35.8 Å². The summed E-state index contributed by atoms with van der Waals surface area (Å²) in [6.07, 6.45) is 4.77. The van der Waals surface area contributed by atoms with Crippen LogP contribution in [0.25, 0.3) is 33.4 Å². The zero-order chi connectivity index (χ0) is 27.6. The highest BCUT2D eigenvalue weighted by Gasteiger charge is 2.24. The lowest BCUT2D eigenvalue weighted by molar-refractivity contribution is -0.136. The van der Waals surface area contributed by atoms with Gasteiger partial charge in [-0.2, -0.15) is 0 Å². The van der Waals surface area contributed by atoms with E-state index in [1.165, 1.54) is 49.5 Å². The number of carboxylic acids is 1. The van der Waals surface area contributed by atoms with Gasteiger partial charge in [-0.15, -0.1) is 6.42 Å². The molecular formula is C29H20F2N2O5. The largest absolute Gasteiger partial charge is 0.481 e. The van der Waals surface area contributed by atoms with Crippen molar-refractivity contribution in [2.75, 3.05) is 7.05 Å². The first-order valence-electron chi connectivity index (χ1n) is 11.2. The molecule has 3 aromatic carbocycles. The molecule has 1 aromatic heterocycles. The Balaban J connectivity index is 1.97. The van der Waals surface area contributed by atoms with E-state index >= 15 is 0 Å². The van der Waals surface area contributed by atoms with E-state index in [1.807, 2.05) is 0 Å². The first-order chi connectivity index (χ1) is 18.1. The van der Waals surface area contributed by atoms with Gasteiger partial charge in [0.15, 0.2) is 0 Å². The summed E-state index contributed by atoms with van der Waals surface area (Å²) in [5, 5.41) is 14.7. The lowest BCUT2D eigenvalue weighted by Gasteiger charge is -2.12. The van der Waals surface area contributed by atoms with Crippen LogP contribution in [0.1, 0.15) is 26.3 Å². The van der Waals surface area contributed by atoms with Crippen molar-refractivity contribution in [1.29, 1.82) is 0 Å². The van der Waals surface area contributed by atoms with Crippen molar-refractivity contribution < 1.29 is 32.7 Å². The van der Waals surface area contributed by atoms with E-state index in [-0.39, 0.29) is 28.2 Å². The lowest BCUT2D eigenvalue weighted by atomic mass is 9.93. The maximum atomic E-state index is 14.6. The number of carbonyl (C=O) groups excluding carboxylic acids is 2. The molecule has 0 bridgehead atoms. The Bertz CT molecular complexity index is 1660. The van der Waals surface area contributed by atoms with Crippen molar-refractivity contribution in [2.24, 2.45) is 0 Å². The second-order valence-electron chi connectivity index (χ2n) is 8.24. The van der Waals surface area contributed by atoms with Gasteiger partial charge in [0.2, 0.25) is 0 Å². The third kappa shape index (κ3) is 5.01. The number of allylic oxidation sites excluding steroid dienone is 1. The van der Waals surface area contributed by atoms with Crippen LogP contribution in [0.2, 0.25) is 0 Å². The van der Waals surface area contributed by atoms with Gasteiger partial charge in [0.1, 0.15) is 23.0 Å². The Morgan fingerprint density at radius 3 is 2.34 bits per heavy atom. The molecule has 3 N–H and O–H groups in total. The summed E-state index contributed by atoms with van der Waals surface area (Å²) in [6.45, 7) is 3.47. The standard InChI is InChI=1S/C29H20F2N2O5/c1-4-15(2)33-28(36)21-11-17(7-10-23(21)31)20-14-22-24(12-18(20)13-25(34)35)38-27(26(22)29(37)32-3)16-5-8-19(30)9-6-16/h1,5-12,14H,2,13H2,3H3,(H,32,37)(H,33,36)(H,34,35). The average molecular weight is 514 g/mol. The maximum absolute atomic E-state index is 14.6. The number of fused-ring (bicyclic) bond motifs is 1. The van der Waals surface area contributed by atoms with Crippen LogP contribution in [0.4, 0.5) is 8.78 Å². The van der Waals surface area contributed by atoms with Crippen molar-refractivity contribution in [3.05, 3.63) is 95.2 Å². The van der Waals surface area contributed by atoms with E-state index in [0.717, 1.165) is 6.07 Å². The summed E-state index contributed by atoms with van der Waals surface area (Å²) in [5.74, 6) is -1.48. The Hall–Kier alpha value is -5.23. The molecule has 0 spiro atoms. The minimum absolute atomic E-state index is 0.0604. The zero-order valence-corrected chi connectivity index (χ0v) is 20.0. The molecule has 0 radical (unpaired) electrons. The maximum Gasteiger partial charge on any atom is 0.307 e. The van der Waals surface area contributed by atoms with E-state index in [4.69, 9.17) is 10.8 Å². The molecule has 4 rings (SSSR count). The van der Waals surface area contributed by atoms with E-state index in [1.54, 1.807) is 6.07 Å². The van der Waals surface area contributed by atoms with Crippen LogP contribution in [0, 0.1) is 24.0 Å². The summed E-state index contributed by atoms with van der Waals surface area (Å²) >= 11 is 0. The van der Waals surface area contributed by atoms with Crippen LogP contribution in [0.3, 0.4) is 0 Å². The van der Waals surface area contributed by atoms with Crippen LogP contribution in [0.15, 0.2) is 71.3 Å². The fourth-order valence-electron chi connectivity index (χ4n) is 4.03. The number of furan rings is 1. The van der Waals surface area contributed by atoms with Crippen LogP contribution >= 0.6 is 0 Å². The van der Waals surface area contributed by atoms with Crippen molar-refractivity contribution in [2.45, 2.75) is 6.42 Å². The smallest absolute Gasteiger partial charge is 0.307 e. The number of carboxylic acid groups (broad SMARTS) is 1. The molecule has 4 aromatic rings. The molecule has 0 unspecified atom stereocenters. The number of aliphatic carboxylic acids is 1. The second kappa shape index (κ2) is 10.4. The minimum atomic E-state index is -1.15. The molecule has 7 nitrogen and oxygen atoms in total. The van der Waals surface area contributed by atoms with Gasteiger partial charge in [-0.3, -0.25) is 14.4 Å². The molecule has 0 saturated heterocycles. The molecule has 0 saturated carbocycles.